The lowest BCUT2D eigenvalue weighted by molar-refractivity contribution is 0.555. The molecule has 2 atom stereocenters. The minimum atomic E-state index is 0.512. The molecule has 0 saturated heterocycles. The molecule has 3 aliphatic carbocycles. The maximum atomic E-state index is 9.28. The van der Waals surface area contributed by atoms with Crippen LogP contribution in [0.2, 0.25) is 0 Å². The Hall–Kier alpha value is -4.62. The van der Waals surface area contributed by atoms with E-state index < -0.39 is 0 Å². The summed E-state index contributed by atoms with van der Waals surface area (Å²) in [6, 6.07) is 23.3. The minimum absolute atomic E-state index is 0.512. The van der Waals surface area contributed by atoms with Crippen LogP contribution < -0.4 is 9.80 Å². The Morgan fingerprint density at radius 2 is 1.67 bits per heavy atom. The van der Waals surface area contributed by atoms with Crippen LogP contribution in [0.5, 0.6) is 0 Å². The number of nitriles is 1. The summed E-state index contributed by atoms with van der Waals surface area (Å²) in [6.07, 6.45) is 20.4. The minimum Gasteiger partial charge on any atom is -0.314 e. The van der Waals surface area contributed by atoms with Crippen molar-refractivity contribution in [3.8, 4) is 17.3 Å². The fraction of sp³-hybridized carbons (Fsp3) is 0.263. The lowest BCUT2D eigenvalue weighted by atomic mass is 9.89. The lowest BCUT2D eigenvalue weighted by Gasteiger charge is -2.46. The van der Waals surface area contributed by atoms with Gasteiger partial charge in [0.05, 0.1) is 34.4 Å². The van der Waals surface area contributed by atoms with Crippen LogP contribution in [0.4, 0.5) is 11.4 Å². The van der Waals surface area contributed by atoms with Crippen LogP contribution in [0.25, 0.3) is 16.8 Å². The van der Waals surface area contributed by atoms with E-state index in [1.165, 1.54) is 58.1 Å². The zero-order valence-electron chi connectivity index (χ0n) is 24.4. The Morgan fingerprint density at radius 1 is 0.881 bits per heavy atom. The molecule has 2 heterocycles. The molecule has 1 aromatic heterocycles. The molecule has 208 valence electrons. The SMILES string of the molecule is CC1C=C(N2C3=C(C=CC(C)C3)N(C3=CC(c4ccc(-c5cc(C#N)ccn5)cc4)=CCC3)c3ccccc32)CCC1. The van der Waals surface area contributed by atoms with Gasteiger partial charge in [0.2, 0.25) is 0 Å². The molecular weight excluding hydrogens is 512 g/mol. The first-order valence-corrected chi connectivity index (χ1v) is 15.3. The Morgan fingerprint density at radius 3 is 2.45 bits per heavy atom. The van der Waals surface area contributed by atoms with Crippen LogP contribution in [0.3, 0.4) is 0 Å². The highest BCUT2D eigenvalue weighted by molar-refractivity contribution is 5.87. The van der Waals surface area contributed by atoms with Crippen molar-refractivity contribution in [2.45, 2.75) is 52.4 Å². The van der Waals surface area contributed by atoms with Crippen molar-refractivity contribution >= 4 is 16.9 Å². The van der Waals surface area contributed by atoms with Crippen LogP contribution >= 0.6 is 0 Å². The molecule has 0 radical (unpaired) electrons. The zero-order valence-corrected chi connectivity index (χ0v) is 24.4. The highest BCUT2D eigenvalue weighted by Gasteiger charge is 2.35. The summed E-state index contributed by atoms with van der Waals surface area (Å²) in [5.74, 6) is 1.13. The molecule has 0 fully saturated rings. The van der Waals surface area contributed by atoms with Gasteiger partial charge in [-0.2, -0.15) is 5.26 Å². The molecular formula is C38H36N4. The fourth-order valence-corrected chi connectivity index (χ4v) is 6.84. The molecule has 3 aromatic rings. The third kappa shape index (κ3) is 4.80. The van der Waals surface area contributed by atoms with Gasteiger partial charge in [0, 0.05) is 28.9 Å². The molecule has 0 saturated carbocycles. The van der Waals surface area contributed by atoms with Crippen LogP contribution in [0, 0.1) is 23.2 Å². The zero-order chi connectivity index (χ0) is 28.6. The third-order valence-electron chi connectivity index (χ3n) is 8.90. The third-order valence-corrected chi connectivity index (χ3v) is 8.90. The molecule has 7 rings (SSSR count). The molecule has 1 aliphatic heterocycles. The second-order valence-corrected chi connectivity index (χ2v) is 12.0. The summed E-state index contributed by atoms with van der Waals surface area (Å²) < 4.78 is 0. The first-order valence-electron chi connectivity index (χ1n) is 15.3. The van der Waals surface area contributed by atoms with Gasteiger partial charge in [0.15, 0.2) is 0 Å². The molecule has 0 amide bonds. The summed E-state index contributed by atoms with van der Waals surface area (Å²) in [4.78, 5) is 9.62. The molecule has 0 spiro atoms. The normalized spacial score (nSPS) is 21.6. The van der Waals surface area contributed by atoms with Crippen molar-refractivity contribution in [1.29, 1.82) is 5.26 Å². The van der Waals surface area contributed by atoms with E-state index in [1.54, 1.807) is 12.3 Å². The van der Waals surface area contributed by atoms with Gasteiger partial charge < -0.3 is 9.80 Å². The number of hydrogen-bond acceptors (Lipinski definition) is 4. The van der Waals surface area contributed by atoms with Gasteiger partial charge in [-0.05, 0) is 97.9 Å². The number of fused-ring (bicyclic) bond motifs is 1. The Labute approximate surface area is 249 Å². The van der Waals surface area contributed by atoms with E-state index in [0.717, 1.165) is 36.9 Å². The van der Waals surface area contributed by atoms with Crippen molar-refractivity contribution in [3.63, 3.8) is 0 Å². The van der Waals surface area contributed by atoms with E-state index >= 15 is 0 Å². The standard InChI is InChI=1S/C38H36N4/c1-26-7-5-9-32(21-26)42-36-12-4-3-11-35(36)41(37-18-13-27(2)22-38(37)42)33-10-6-8-31(24-33)29-14-16-30(17-15-29)34-23-28(25-39)19-20-40-34/h3-4,8,11-21,23-24,26-27H,5-7,9-10,22H2,1-2H3. The summed E-state index contributed by atoms with van der Waals surface area (Å²) in [7, 11) is 0. The summed E-state index contributed by atoms with van der Waals surface area (Å²) in [5.41, 5.74) is 13.0. The molecule has 4 nitrogen and oxygen atoms in total. The average molecular weight is 549 g/mol. The van der Waals surface area contributed by atoms with E-state index in [9.17, 15) is 5.26 Å². The van der Waals surface area contributed by atoms with Gasteiger partial charge in [0.25, 0.3) is 0 Å². The maximum Gasteiger partial charge on any atom is 0.0992 e. The first kappa shape index (κ1) is 26.3. The topological polar surface area (TPSA) is 43.2 Å². The number of para-hydroxylation sites is 2. The van der Waals surface area contributed by atoms with Gasteiger partial charge in [-0.3, -0.25) is 4.98 Å². The largest absolute Gasteiger partial charge is 0.314 e. The number of nitrogens with zero attached hydrogens (tertiary/aromatic N) is 4. The average Bonchev–Trinajstić information content (AvgIpc) is 3.03. The Kier molecular flexibility index (Phi) is 6.88. The van der Waals surface area contributed by atoms with Crippen molar-refractivity contribution in [2.24, 2.45) is 11.8 Å². The predicted molar refractivity (Wildman–Crippen MR) is 172 cm³/mol. The summed E-state index contributed by atoms with van der Waals surface area (Å²) in [6.45, 7) is 4.69. The van der Waals surface area contributed by atoms with E-state index in [2.05, 4.69) is 114 Å². The number of hydrogen-bond donors (Lipinski definition) is 0. The Bertz CT molecular complexity index is 1730. The molecule has 0 N–H and O–H groups in total. The van der Waals surface area contributed by atoms with Gasteiger partial charge in [-0.1, -0.05) is 68.5 Å². The van der Waals surface area contributed by atoms with Crippen molar-refractivity contribution in [3.05, 3.63) is 131 Å². The van der Waals surface area contributed by atoms with Gasteiger partial charge in [-0.25, -0.2) is 0 Å². The molecule has 4 heteroatoms. The summed E-state index contributed by atoms with van der Waals surface area (Å²) in [5, 5.41) is 9.28. The smallest absolute Gasteiger partial charge is 0.0992 e. The van der Waals surface area contributed by atoms with Crippen molar-refractivity contribution in [2.75, 3.05) is 9.80 Å². The van der Waals surface area contributed by atoms with E-state index in [1.807, 2.05) is 6.07 Å². The lowest BCUT2D eigenvalue weighted by Crippen LogP contribution is -2.37. The maximum absolute atomic E-state index is 9.28. The van der Waals surface area contributed by atoms with Crippen LogP contribution in [0.15, 0.2) is 120 Å². The number of aromatic nitrogens is 1. The molecule has 0 bridgehead atoms. The van der Waals surface area contributed by atoms with E-state index in [4.69, 9.17) is 0 Å². The van der Waals surface area contributed by atoms with Gasteiger partial charge in [0.1, 0.15) is 0 Å². The number of benzene rings is 2. The molecule has 4 aliphatic rings. The molecule has 2 aromatic carbocycles. The second-order valence-electron chi connectivity index (χ2n) is 12.0. The second kappa shape index (κ2) is 11.0. The van der Waals surface area contributed by atoms with Crippen molar-refractivity contribution in [1.82, 2.24) is 4.98 Å². The van der Waals surface area contributed by atoms with E-state index in [0.29, 0.717) is 17.4 Å². The van der Waals surface area contributed by atoms with Crippen molar-refractivity contribution < 1.29 is 0 Å². The number of rotatable bonds is 4. The number of allylic oxidation sites excluding steroid dienone is 9. The quantitative estimate of drug-likeness (QED) is 0.326. The monoisotopic (exact) mass is 548 g/mol. The first-order chi connectivity index (χ1) is 20.6. The summed E-state index contributed by atoms with van der Waals surface area (Å²) >= 11 is 0. The van der Waals surface area contributed by atoms with Crippen LogP contribution in [-0.2, 0) is 0 Å². The number of pyridine rings is 1. The van der Waals surface area contributed by atoms with Crippen LogP contribution in [0.1, 0.15) is 63.5 Å². The predicted octanol–water partition coefficient (Wildman–Crippen LogP) is 9.52. The van der Waals surface area contributed by atoms with Gasteiger partial charge in [-0.15, -0.1) is 0 Å². The fourth-order valence-electron chi connectivity index (χ4n) is 6.84. The Balaban J connectivity index is 1.27. The number of anilines is 2. The molecule has 42 heavy (non-hydrogen) atoms. The highest BCUT2D eigenvalue weighted by Crippen LogP contribution is 2.49. The molecule has 2 unspecified atom stereocenters. The van der Waals surface area contributed by atoms with E-state index in [-0.39, 0.29) is 0 Å². The van der Waals surface area contributed by atoms with Crippen LogP contribution in [-0.4, -0.2) is 4.98 Å². The van der Waals surface area contributed by atoms with Gasteiger partial charge >= 0.3 is 0 Å². The highest BCUT2D eigenvalue weighted by atomic mass is 15.3.